The fourth-order valence-electron chi connectivity index (χ4n) is 3.56. The number of nitrogens with one attached hydrogen (secondary N) is 1. The molecule has 0 atom stereocenters. The van der Waals surface area contributed by atoms with Gasteiger partial charge in [0.2, 0.25) is 5.91 Å². The molecule has 156 valence electrons. The van der Waals surface area contributed by atoms with Crippen molar-refractivity contribution >= 4 is 11.7 Å². The summed E-state index contributed by atoms with van der Waals surface area (Å²) in [5.74, 6) is -2.42. The second kappa shape index (κ2) is 8.22. The molecule has 1 N–H and O–H groups in total. The van der Waals surface area contributed by atoms with Crippen LogP contribution in [0.2, 0.25) is 0 Å². The van der Waals surface area contributed by atoms with Crippen LogP contribution in [0.1, 0.15) is 40.7 Å². The van der Waals surface area contributed by atoms with Crippen LogP contribution >= 0.6 is 0 Å². The SMILES string of the molecule is O=C(c1ccc(=O)n(Cc2ccc(CN3C=CNCC3=O)c(F)c2F)c1)C1CCC1. The molecule has 2 aromatic rings. The van der Waals surface area contributed by atoms with Gasteiger partial charge in [-0.25, -0.2) is 8.78 Å². The Balaban J connectivity index is 1.56. The Morgan fingerprint density at radius 1 is 1.03 bits per heavy atom. The predicted molar refractivity (Wildman–Crippen MR) is 106 cm³/mol. The summed E-state index contributed by atoms with van der Waals surface area (Å²) in [6, 6.07) is 5.57. The molecule has 6 nitrogen and oxygen atoms in total. The van der Waals surface area contributed by atoms with Crippen LogP contribution in [0.4, 0.5) is 8.78 Å². The molecule has 8 heteroatoms. The Kier molecular flexibility index (Phi) is 5.48. The van der Waals surface area contributed by atoms with Gasteiger partial charge in [-0.1, -0.05) is 18.6 Å². The summed E-state index contributed by atoms with van der Waals surface area (Å²) in [5.41, 5.74) is 0.0348. The molecule has 1 aliphatic heterocycles. The summed E-state index contributed by atoms with van der Waals surface area (Å²) in [7, 11) is 0. The second-order valence-corrected chi connectivity index (χ2v) is 7.61. The molecular formula is C22H21F2N3O3. The van der Waals surface area contributed by atoms with Gasteiger partial charge in [0.1, 0.15) is 0 Å². The van der Waals surface area contributed by atoms with E-state index in [4.69, 9.17) is 0 Å². The summed E-state index contributed by atoms with van der Waals surface area (Å²) in [6.45, 7) is -0.191. The van der Waals surface area contributed by atoms with E-state index in [9.17, 15) is 23.2 Å². The van der Waals surface area contributed by atoms with Crippen LogP contribution in [0, 0.1) is 17.6 Å². The maximum absolute atomic E-state index is 14.7. The third kappa shape index (κ3) is 3.90. The summed E-state index contributed by atoms with van der Waals surface area (Å²) in [4.78, 5) is 37.8. The second-order valence-electron chi connectivity index (χ2n) is 7.61. The Morgan fingerprint density at radius 3 is 2.37 bits per heavy atom. The lowest BCUT2D eigenvalue weighted by Crippen LogP contribution is -2.37. The van der Waals surface area contributed by atoms with Crippen LogP contribution in [-0.4, -0.2) is 27.7 Å². The minimum atomic E-state index is -1.07. The molecule has 2 aliphatic rings. The highest BCUT2D eigenvalue weighted by Crippen LogP contribution is 2.29. The molecular weight excluding hydrogens is 392 g/mol. The molecule has 0 spiro atoms. The standard InChI is InChI=1S/C22H21F2N3O3/c23-20-15(11-26-9-8-25-10-19(26)29)4-5-16(21(20)24)12-27-13-17(6-7-18(27)28)22(30)14-2-1-3-14/h4-9,13-14,25H,1-3,10-12H2. The topological polar surface area (TPSA) is 71.4 Å². The summed E-state index contributed by atoms with van der Waals surface area (Å²) < 4.78 is 30.5. The van der Waals surface area contributed by atoms with Crippen molar-refractivity contribution in [2.24, 2.45) is 5.92 Å². The maximum Gasteiger partial charge on any atom is 0.250 e. The molecule has 1 saturated carbocycles. The molecule has 1 aromatic carbocycles. The van der Waals surface area contributed by atoms with Crippen molar-refractivity contribution < 1.29 is 18.4 Å². The van der Waals surface area contributed by atoms with Gasteiger partial charge in [0.15, 0.2) is 17.4 Å². The van der Waals surface area contributed by atoms with E-state index >= 15 is 0 Å². The first-order valence-electron chi connectivity index (χ1n) is 9.84. The zero-order valence-electron chi connectivity index (χ0n) is 16.2. The van der Waals surface area contributed by atoms with Crippen molar-refractivity contribution in [1.82, 2.24) is 14.8 Å². The molecule has 1 amide bonds. The number of benzene rings is 1. The van der Waals surface area contributed by atoms with Gasteiger partial charge in [-0.3, -0.25) is 14.4 Å². The van der Waals surface area contributed by atoms with Crippen molar-refractivity contribution in [1.29, 1.82) is 0 Å². The highest BCUT2D eigenvalue weighted by molar-refractivity contribution is 5.98. The Labute approximate surface area is 171 Å². The van der Waals surface area contributed by atoms with Crippen LogP contribution in [0.5, 0.6) is 0 Å². The number of halogens is 2. The third-order valence-electron chi connectivity index (χ3n) is 5.61. The van der Waals surface area contributed by atoms with Crippen molar-refractivity contribution in [3.05, 3.63) is 81.5 Å². The zero-order valence-corrected chi connectivity index (χ0v) is 16.2. The first-order chi connectivity index (χ1) is 14.4. The maximum atomic E-state index is 14.7. The number of hydrogen-bond donors (Lipinski definition) is 1. The average Bonchev–Trinajstić information content (AvgIpc) is 2.69. The first-order valence-corrected chi connectivity index (χ1v) is 9.84. The lowest BCUT2D eigenvalue weighted by molar-refractivity contribution is -0.128. The number of amides is 1. The van der Waals surface area contributed by atoms with Gasteiger partial charge in [-0.2, -0.15) is 0 Å². The normalized spacial score (nSPS) is 16.3. The van der Waals surface area contributed by atoms with Crippen LogP contribution in [-0.2, 0) is 17.9 Å². The molecule has 0 bridgehead atoms. The summed E-state index contributed by atoms with van der Waals surface area (Å²) >= 11 is 0. The fraction of sp³-hybridized carbons (Fsp3) is 0.318. The van der Waals surface area contributed by atoms with Crippen LogP contribution in [0.3, 0.4) is 0 Å². The number of Topliss-reactive ketones (excluding diaryl/α,β-unsaturated/α-hetero) is 1. The first kappa shape index (κ1) is 20.0. The van der Waals surface area contributed by atoms with E-state index in [2.05, 4.69) is 5.32 Å². The van der Waals surface area contributed by atoms with Gasteiger partial charge in [0.25, 0.3) is 5.56 Å². The minimum absolute atomic E-state index is 0.00577. The van der Waals surface area contributed by atoms with E-state index in [1.807, 2.05) is 0 Å². The molecule has 2 heterocycles. The number of nitrogens with zero attached hydrogens (tertiary/aromatic N) is 2. The van der Waals surface area contributed by atoms with Crippen LogP contribution in [0.25, 0.3) is 0 Å². The molecule has 1 fully saturated rings. The molecule has 1 aliphatic carbocycles. The van der Waals surface area contributed by atoms with E-state index in [0.717, 1.165) is 19.3 Å². The lowest BCUT2D eigenvalue weighted by atomic mass is 9.80. The van der Waals surface area contributed by atoms with Gasteiger partial charge < -0.3 is 14.8 Å². The monoisotopic (exact) mass is 413 g/mol. The van der Waals surface area contributed by atoms with Gasteiger partial charge in [-0.15, -0.1) is 0 Å². The Morgan fingerprint density at radius 2 is 1.73 bits per heavy atom. The van der Waals surface area contributed by atoms with Crippen molar-refractivity contribution in [2.45, 2.75) is 32.4 Å². The molecule has 30 heavy (non-hydrogen) atoms. The van der Waals surface area contributed by atoms with Crippen LogP contribution < -0.4 is 10.9 Å². The van der Waals surface area contributed by atoms with E-state index in [-0.39, 0.29) is 48.4 Å². The number of ketones is 1. The van der Waals surface area contributed by atoms with Gasteiger partial charge in [0.05, 0.1) is 19.6 Å². The van der Waals surface area contributed by atoms with E-state index in [1.165, 1.54) is 46.1 Å². The minimum Gasteiger partial charge on any atom is -0.381 e. The highest BCUT2D eigenvalue weighted by Gasteiger charge is 2.26. The van der Waals surface area contributed by atoms with Gasteiger partial charge >= 0.3 is 0 Å². The van der Waals surface area contributed by atoms with E-state index in [0.29, 0.717) is 5.56 Å². The van der Waals surface area contributed by atoms with Crippen molar-refractivity contribution in [2.75, 3.05) is 6.54 Å². The molecule has 0 radical (unpaired) electrons. The molecule has 0 unspecified atom stereocenters. The smallest absolute Gasteiger partial charge is 0.250 e. The lowest BCUT2D eigenvalue weighted by Gasteiger charge is -2.24. The number of rotatable bonds is 6. The zero-order chi connectivity index (χ0) is 21.3. The highest BCUT2D eigenvalue weighted by atomic mass is 19.2. The van der Waals surface area contributed by atoms with Gasteiger partial charge in [-0.05, 0) is 18.9 Å². The number of hydrogen-bond acceptors (Lipinski definition) is 4. The van der Waals surface area contributed by atoms with Crippen molar-refractivity contribution in [3.8, 4) is 0 Å². The fourth-order valence-corrected chi connectivity index (χ4v) is 3.56. The largest absolute Gasteiger partial charge is 0.381 e. The predicted octanol–water partition coefficient (Wildman–Crippen LogP) is 2.56. The number of carbonyl (C=O) groups is 2. The quantitative estimate of drug-likeness (QED) is 0.739. The number of carbonyl (C=O) groups excluding carboxylic acids is 2. The Hall–Kier alpha value is -3.29. The molecule has 4 rings (SSSR count). The number of pyridine rings is 1. The van der Waals surface area contributed by atoms with Gasteiger partial charge in [0, 0.05) is 47.3 Å². The summed E-state index contributed by atoms with van der Waals surface area (Å²) in [6.07, 6.45) is 7.14. The third-order valence-corrected chi connectivity index (χ3v) is 5.61. The van der Waals surface area contributed by atoms with Crippen LogP contribution in [0.15, 0.2) is 47.7 Å². The number of aromatic nitrogens is 1. The van der Waals surface area contributed by atoms with Crippen molar-refractivity contribution in [3.63, 3.8) is 0 Å². The molecule has 1 aromatic heterocycles. The van der Waals surface area contributed by atoms with E-state index in [1.54, 1.807) is 6.20 Å². The Bertz CT molecular complexity index is 1090. The average molecular weight is 413 g/mol. The summed E-state index contributed by atoms with van der Waals surface area (Å²) in [5, 5.41) is 2.75. The molecule has 0 saturated heterocycles. The van der Waals surface area contributed by atoms with E-state index < -0.39 is 17.2 Å².